The highest BCUT2D eigenvalue weighted by atomic mass is 16.6. The van der Waals surface area contributed by atoms with Crippen LogP contribution in [-0.4, -0.2) is 23.1 Å². The molecule has 120 valence electrons. The zero-order chi connectivity index (χ0) is 16.5. The first-order valence-corrected chi connectivity index (χ1v) is 7.80. The second kappa shape index (κ2) is 5.85. The van der Waals surface area contributed by atoms with Crippen molar-refractivity contribution in [2.75, 3.05) is 5.32 Å². The molecular weight excluding hydrogens is 304 g/mol. The number of aromatic nitrogens is 1. The van der Waals surface area contributed by atoms with Crippen molar-refractivity contribution < 1.29 is 14.3 Å². The Bertz CT molecular complexity index is 910. The summed E-state index contributed by atoms with van der Waals surface area (Å²) in [6, 6.07) is 18.8. The summed E-state index contributed by atoms with van der Waals surface area (Å²) in [5.74, 6) is 1.44. The fraction of sp³-hybridized carbons (Fsp3) is 0.158. The number of pyridine rings is 1. The maximum absolute atomic E-state index is 12.6. The number of fused-ring (bicyclic) bond motifs is 2. The Morgan fingerprint density at radius 3 is 2.50 bits per heavy atom. The first-order valence-electron chi connectivity index (χ1n) is 7.80. The van der Waals surface area contributed by atoms with Gasteiger partial charge in [-0.15, -0.1) is 0 Å². The molecule has 1 aromatic heterocycles. The lowest BCUT2D eigenvalue weighted by molar-refractivity contribution is -0.128. The molecule has 0 radical (unpaired) electrons. The smallest absolute Gasteiger partial charge is 0.270 e. The van der Waals surface area contributed by atoms with Crippen LogP contribution in [0.1, 0.15) is 6.92 Å². The van der Waals surface area contributed by atoms with Gasteiger partial charge in [0, 0.05) is 5.39 Å². The minimum Gasteiger partial charge on any atom is -0.482 e. The molecule has 5 nitrogen and oxygen atoms in total. The topological polar surface area (TPSA) is 60.5 Å². The second-order valence-corrected chi connectivity index (χ2v) is 5.69. The van der Waals surface area contributed by atoms with Gasteiger partial charge in [-0.25, -0.2) is 4.98 Å². The molecule has 4 rings (SSSR count). The van der Waals surface area contributed by atoms with Crippen molar-refractivity contribution in [1.29, 1.82) is 0 Å². The van der Waals surface area contributed by atoms with Crippen molar-refractivity contribution in [3.63, 3.8) is 0 Å². The Balaban J connectivity index is 1.55. The number of carbonyl (C=O) groups excluding carboxylic acids is 1. The highest BCUT2D eigenvalue weighted by molar-refractivity contribution is 5.95. The predicted octanol–water partition coefficient (Wildman–Crippen LogP) is 3.40. The van der Waals surface area contributed by atoms with E-state index in [1.807, 2.05) is 55.5 Å². The molecule has 1 amide bonds. The molecule has 2 unspecified atom stereocenters. The Hall–Kier alpha value is -3.08. The van der Waals surface area contributed by atoms with Crippen LogP contribution in [0, 0.1) is 0 Å². The van der Waals surface area contributed by atoms with Crippen molar-refractivity contribution in [1.82, 2.24) is 4.98 Å². The lowest BCUT2D eigenvalue weighted by Crippen LogP contribution is -2.46. The number of carbonyl (C=O) groups is 1. The number of para-hydroxylation sites is 3. The molecule has 0 saturated heterocycles. The summed E-state index contributed by atoms with van der Waals surface area (Å²) in [6.07, 6.45) is -1.12. The second-order valence-electron chi connectivity index (χ2n) is 5.69. The fourth-order valence-electron chi connectivity index (χ4n) is 2.74. The molecule has 1 N–H and O–H groups in total. The highest BCUT2D eigenvalue weighted by Crippen LogP contribution is 2.33. The van der Waals surface area contributed by atoms with Gasteiger partial charge in [0.15, 0.2) is 11.5 Å². The van der Waals surface area contributed by atoms with Gasteiger partial charge in [-0.1, -0.05) is 30.3 Å². The Kier molecular flexibility index (Phi) is 3.54. The van der Waals surface area contributed by atoms with E-state index in [4.69, 9.17) is 9.47 Å². The van der Waals surface area contributed by atoms with Gasteiger partial charge < -0.3 is 14.8 Å². The van der Waals surface area contributed by atoms with Gasteiger partial charge >= 0.3 is 0 Å². The number of ether oxygens (including phenoxy) is 2. The van der Waals surface area contributed by atoms with Gasteiger partial charge in [0.1, 0.15) is 11.9 Å². The van der Waals surface area contributed by atoms with Gasteiger partial charge in [0.25, 0.3) is 5.91 Å². The number of hydrogen-bond acceptors (Lipinski definition) is 4. The molecule has 3 aromatic rings. The van der Waals surface area contributed by atoms with Crippen molar-refractivity contribution >= 4 is 22.6 Å². The van der Waals surface area contributed by atoms with Gasteiger partial charge in [-0.3, -0.25) is 4.79 Å². The molecule has 2 heterocycles. The standard InChI is InChI=1S/C19H16N2O3/c1-12-18(24-16-9-5-4-8-15(16)23-12)19(22)21-17-11-10-13-6-2-3-7-14(13)20-17/h2-12,18H,1H3,(H,20,21,22). The molecule has 24 heavy (non-hydrogen) atoms. The van der Waals surface area contributed by atoms with Crippen LogP contribution in [0.25, 0.3) is 10.9 Å². The monoisotopic (exact) mass is 320 g/mol. The average molecular weight is 320 g/mol. The average Bonchev–Trinajstić information content (AvgIpc) is 2.61. The van der Waals surface area contributed by atoms with Gasteiger partial charge in [0.05, 0.1) is 5.52 Å². The normalized spacial score (nSPS) is 19.0. The number of hydrogen-bond donors (Lipinski definition) is 1. The fourth-order valence-corrected chi connectivity index (χ4v) is 2.74. The predicted molar refractivity (Wildman–Crippen MR) is 91.3 cm³/mol. The van der Waals surface area contributed by atoms with Gasteiger partial charge in [-0.2, -0.15) is 0 Å². The van der Waals surface area contributed by atoms with Crippen molar-refractivity contribution in [2.24, 2.45) is 0 Å². The molecule has 0 saturated carbocycles. The van der Waals surface area contributed by atoms with E-state index >= 15 is 0 Å². The largest absolute Gasteiger partial charge is 0.482 e. The zero-order valence-corrected chi connectivity index (χ0v) is 13.1. The summed E-state index contributed by atoms with van der Waals surface area (Å²) in [5.41, 5.74) is 0.828. The van der Waals surface area contributed by atoms with Crippen molar-refractivity contribution in [3.8, 4) is 11.5 Å². The van der Waals surface area contributed by atoms with Crippen LogP contribution in [0.2, 0.25) is 0 Å². The van der Waals surface area contributed by atoms with Gasteiger partial charge in [-0.05, 0) is 37.3 Å². The van der Waals surface area contributed by atoms with E-state index in [1.165, 1.54) is 0 Å². The molecule has 0 fully saturated rings. The molecule has 5 heteroatoms. The third-order valence-corrected chi connectivity index (χ3v) is 3.95. The minimum absolute atomic E-state index is 0.278. The molecule has 2 atom stereocenters. The van der Waals surface area contributed by atoms with Crippen molar-refractivity contribution in [2.45, 2.75) is 19.1 Å². The quantitative estimate of drug-likeness (QED) is 0.786. The summed E-state index contributed by atoms with van der Waals surface area (Å²) < 4.78 is 11.6. The third-order valence-electron chi connectivity index (χ3n) is 3.95. The Morgan fingerprint density at radius 1 is 0.958 bits per heavy atom. The van der Waals surface area contributed by atoms with Crippen LogP contribution in [-0.2, 0) is 4.79 Å². The summed E-state index contributed by atoms with van der Waals surface area (Å²) in [5, 5.41) is 3.83. The molecule has 1 aliphatic heterocycles. The van der Waals surface area contributed by atoms with E-state index < -0.39 is 6.10 Å². The Morgan fingerprint density at radius 2 is 1.67 bits per heavy atom. The molecule has 0 bridgehead atoms. The maximum atomic E-state index is 12.6. The van der Waals surface area contributed by atoms with Crippen LogP contribution in [0.15, 0.2) is 60.7 Å². The lowest BCUT2D eigenvalue weighted by Gasteiger charge is -2.30. The number of nitrogens with one attached hydrogen (secondary N) is 1. The van der Waals surface area contributed by atoms with E-state index in [9.17, 15) is 4.79 Å². The van der Waals surface area contributed by atoms with E-state index in [0.717, 1.165) is 10.9 Å². The summed E-state index contributed by atoms with van der Waals surface area (Å²) in [6.45, 7) is 1.81. The van der Waals surface area contributed by atoms with E-state index in [0.29, 0.717) is 17.3 Å². The van der Waals surface area contributed by atoms with Crippen molar-refractivity contribution in [3.05, 3.63) is 60.7 Å². The summed E-state index contributed by atoms with van der Waals surface area (Å²) in [7, 11) is 0. The molecule has 2 aromatic carbocycles. The highest BCUT2D eigenvalue weighted by Gasteiger charge is 2.34. The van der Waals surface area contributed by atoms with E-state index in [2.05, 4.69) is 10.3 Å². The molecule has 0 spiro atoms. The van der Waals surface area contributed by atoms with Gasteiger partial charge in [0.2, 0.25) is 6.10 Å². The maximum Gasteiger partial charge on any atom is 0.270 e. The minimum atomic E-state index is -0.729. The number of benzene rings is 2. The Labute approximate surface area is 139 Å². The number of amides is 1. The van der Waals surface area contributed by atoms with E-state index in [1.54, 1.807) is 12.1 Å². The third kappa shape index (κ3) is 2.65. The molecule has 1 aliphatic rings. The number of nitrogens with zero attached hydrogens (tertiary/aromatic N) is 1. The lowest BCUT2D eigenvalue weighted by atomic mass is 10.1. The first kappa shape index (κ1) is 14.5. The molecular formula is C19H16N2O3. The number of rotatable bonds is 2. The summed E-state index contributed by atoms with van der Waals surface area (Å²) in [4.78, 5) is 17.0. The summed E-state index contributed by atoms with van der Waals surface area (Å²) >= 11 is 0. The van der Waals surface area contributed by atoms with Crippen LogP contribution in [0.5, 0.6) is 11.5 Å². The zero-order valence-electron chi connectivity index (χ0n) is 13.1. The van der Waals surface area contributed by atoms with Crippen LogP contribution in [0.4, 0.5) is 5.82 Å². The first-order chi connectivity index (χ1) is 11.7. The number of anilines is 1. The van der Waals surface area contributed by atoms with Crippen LogP contribution < -0.4 is 14.8 Å². The van der Waals surface area contributed by atoms with E-state index in [-0.39, 0.29) is 12.0 Å². The van der Waals surface area contributed by atoms with Crippen LogP contribution >= 0.6 is 0 Å². The molecule has 0 aliphatic carbocycles. The SMILES string of the molecule is CC1Oc2ccccc2OC1C(=O)Nc1ccc2ccccc2n1. The van der Waals surface area contributed by atoms with Crippen LogP contribution in [0.3, 0.4) is 0 Å².